The molecule has 0 spiro atoms. The van der Waals surface area contributed by atoms with Crippen molar-refractivity contribution >= 4 is 22.7 Å². The Hall–Kier alpha value is -1.09. The summed E-state index contributed by atoms with van der Waals surface area (Å²) in [6.07, 6.45) is -0.791. The topological polar surface area (TPSA) is 93.1 Å². The number of aromatic hydroxyl groups is 1. The molecule has 1 aromatic carbocycles. The highest BCUT2D eigenvalue weighted by atomic mass is 32.2. The first-order chi connectivity index (χ1) is 8.34. The third-order valence-electron chi connectivity index (χ3n) is 2.89. The monoisotopic (exact) mass is 272 g/mol. The molecule has 98 valence electrons. The fourth-order valence-corrected chi connectivity index (χ4v) is 2.88. The Kier molecular flexibility index (Phi) is 3.37. The number of fused-ring (bicyclic) bond motifs is 1. The van der Waals surface area contributed by atoms with E-state index in [0.29, 0.717) is 16.6 Å². The molecule has 1 aliphatic heterocycles. The van der Waals surface area contributed by atoms with Gasteiger partial charge in [0.1, 0.15) is 11.5 Å². The average molecular weight is 272 g/mol. The van der Waals surface area contributed by atoms with Crippen LogP contribution in [0, 0.1) is 6.92 Å². The Morgan fingerprint density at radius 1 is 1.50 bits per heavy atom. The van der Waals surface area contributed by atoms with Crippen LogP contribution < -0.4 is 5.46 Å². The summed E-state index contributed by atoms with van der Waals surface area (Å²) in [4.78, 5) is 0. The number of phenolic OH excluding ortho intramolecular Hbond substituents is 1. The van der Waals surface area contributed by atoms with Crippen LogP contribution in [0.3, 0.4) is 0 Å². The maximum absolute atomic E-state index is 11.4. The first-order valence-corrected chi connectivity index (χ1v) is 6.87. The molecule has 2 N–H and O–H groups in total. The maximum Gasteiger partial charge on any atom is 0.492 e. The van der Waals surface area contributed by atoms with Gasteiger partial charge in [0, 0.05) is 0 Å². The van der Waals surface area contributed by atoms with Crippen molar-refractivity contribution in [2.24, 2.45) is 0 Å². The highest BCUT2D eigenvalue weighted by molar-refractivity contribution is 7.86. The van der Waals surface area contributed by atoms with E-state index < -0.39 is 23.3 Å². The Morgan fingerprint density at radius 3 is 2.78 bits per heavy atom. The van der Waals surface area contributed by atoms with Crippen molar-refractivity contribution in [3.63, 3.8) is 0 Å². The van der Waals surface area contributed by atoms with Crippen molar-refractivity contribution in [1.29, 1.82) is 0 Å². The molecule has 6 nitrogen and oxygen atoms in total. The molecule has 0 fully saturated rings. The van der Waals surface area contributed by atoms with Crippen LogP contribution in [0.4, 0.5) is 0 Å². The third-order valence-corrected chi connectivity index (χ3v) is 4.11. The van der Waals surface area contributed by atoms with Gasteiger partial charge in [0.05, 0.1) is 13.2 Å². The SMILES string of the molecule is COS(=O)(=O)CC1OB(O)c2cc(O)cc(C)c21. The van der Waals surface area contributed by atoms with Crippen LogP contribution in [0.15, 0.2) is 12.1 Å². The highest BCUT2D eigenvalue weighted by Gasteiger charge is 2.39. The van der Waals surface area contributed by atoms with Gasteiger partial charge in [-0.1, -0.05) is 0 Å². The zero-order valence-corrected chi connectivity index (χ0v) is 10.8. The Morgan fingerprint density at radius 2 is 2.17 bits per heavy atom. The fourth-order valence-electron chi connectivity index (χ4n) is 2.12. The molecule has 0 saturated heterocycles. The Bertz CT molecular complexity index is 570. The standard InChI is InChI=1S/C10H13BO6S/c1-6-3-7(12)4-8-10(6)9(17-11(8)13)5-18(14,15)16-2/h3-4,9,12-13H,5H2,1-2H3. The smallest absolute Gasteiger partial charge is 0.492 e. The van der Waals surface area contributed by atoms with Gasteiger partial charge in [0.25, 0.3) is 10.1 Å². The summed E-state index contributed by atoms with van der Waals surface area (Å²) in [7, 11) is -3.85. The van der Waals surface area contributed by atoms with Gasteiger partial charge in [0.15, 0.2) is 0 Å². The van der Waals surface area contributed by atoms with E-state index in [1.807, 2.05) is 0 Å². The average Bonchev–Trinajstić information content (AvgIpc) is 2.55. The van der Waals surface area contributed by atoms with Gasteiger partial charge in [-0.3, -0.25) is 4.18 Å². The second-order valence-electron chi connectivity index (χ2n) is 4.13. The van der Waals surface area contributed by atoms with E-state index >= 15 is 0 Å². The Balaban J connectivity index is 2.42. The van der Waals surface area contributed by atoms with Crippen LogP contribution in [0.25, 0.3) is 0 Å². The minimum Gasteiger partial charge on any atom is -0.508 e. The predicted molar refractivity (Wildman–Crippen MR) is 65.1 cm³/mol. The number of hydrogen-bond acceptors (Lipinski definition) is 6. The van der Waals surface area contributed by atoms with Crippen molar-refractivity contribution < 1.29 is 27.4 Å². The van der Waals surface area contributed by atoms with E-state index in [9.17, 15) is 18.5 Å². The van der Waals surface area contributed by atoms with Crippen LogP contribution in [0.1, 0.15) is 17.2 Å². The summed E-state index contributed by atoms with van der Waals surface area (Å²) in [5.41, 5.74) is 1.64. The first kappa shape index (κ1) is 13.3. The van der Waals surface area contributed by atoms with E-state index in [1.165, 1.54) is 12.1 Å². The van der Waals surface area contributed by atoms with Crippen molar-refractivity contribution in [3.05, 3.63) is 23.3 Å². The Labute approximate surface area is 105 Å². The largest absolute Gasteiger partial charge is 0.508 e. The minimum absolute atomic E-state index is 0.00384. The summed E-state index contributed by atoms with van der Waals surface area (Å²) < 4.78 is 32.4. The van der Waals surface area contributed by atoms with Gasteiger partial charge < -0.3 is 14.8 Å². The van der Waals surface area contributed by atoms with Gasteiger partial charge >= 0.3 is 7.12 Å². The molecular weight excluding hydrogens is 259 g/mol. The normalized spacial score (nSPS) is 19.1. The summed E-state index contributed by atoms with van der Waals surface area (Å²) >= 11 is 0. The molecule has 0 bridgehead atoms. The summed E-state index contributed by atoms with van der Waals surface area (Å²) in [5.74, 6) is -0.372. The van der Waals surface area contributed by atoms with Crippen LogP contribution >= 0.6 is 0 Å². The highest BCUT2D eigenvalue weighted by Crippen LogP contribution is 2.30. The summed E-state index contributed by atoms with van der Waals surface area (Å²) in [6, 6.07) is 2.86. The molecule has 18 heavy (non-hydrogen) atoms. The van der Waals surface area contributed by atoms with Crippen molar-refractivity contribution in [2.75, 3.05) is 12.9 Å². The predicted octanol–water partition coefficient (Wildman–Crippen LogP) is -0.564. The van der Waals surface area contributed by atoms with E-state index in [4.69, 9.17) is 4.65 Å². The molecule has 1 heterocycles. The molecule has 2 rings (SSSR count). The molecule has 0 saturated carbocycles. The molecule has 0 aliphatic carbocycles. The lowest BCUT2D eigenvalue weighted by Crippen LogP contribution is -2.28. The lowest BCUT2D eigenvalue weighted by atomic mass is 9.78. The molecule has 0 aromatic heterocycles. The van der Waals surface area contributed by atoms with Crippen molar-refractivity contribution in [3.8, 4) is 5.75 Å². The van der Waals surface area contributed by atoms with Crippen LogP contribution in [-0.2, 0) is 19.0 Å². The first-order valence-electron chi connectivity index (χ1n) is 5.29. The number of benzene rings is 1. The van der Waals surface area contributed by atoms with E-state index in [0.717, 1.165) is 7.11 Å². The zero-order valence-electron chi connectivity index (χ0n) is 9.95. The maximum atomic E-state index is 11.4. The number of rotatable bonds is 3. The molecule has 1 aromatic rings. The van der Waals surface area contributed by atoms with Crippen LogP contribution in [0.5, 0.6) is 5.75 Å². The number of phenols is 1. The minimum atomic E-state index is -3.69. The second-order valence-corrected chi connectivity index (χ2v) is 5.92. The van der Waals surface area contributed by atoms with Crippen molar-refractivity contribution in [1.82, 2.24) is 0 Å². The van der Waals surface area contributed by atoms with Gasteiger partial charge in [-0.05, 0) is 35.6 Å². The van der Waals surface area contributed by atoms with Crippen LogP contribution in [-0.4, -0.2) is 38.5 Å². The summed E-state index contributed by atoms with van der Waals surface area (Å²) in [5, 5.41) is 19.2. The summed E-state index contributed by atoms with van der Waals surface area (Å²) in [6.45, 7) is 1.71. The molecule has 1 unspecified atom stereocenters. The van der Waals surface area contributed by atoms with Gasteiger partial charge in [-0.2, -0.15) is 8.42 Å². The van der Waals surface area contributed by atoms with E-state index in [-0.39, 0.29) is 11.5 Å². The van der Waals surface area contributed by atoms with Gasteiger partial charge in [-0.15, -0.1) is 0 Å². The number of hydrogen-bond donors (Lipinski definition) is 2. The molecular formula is C10H13BO6S. The lowest BCUT2D eigenvalue weighted by molar-refractivity contribution is 0.206. The third kappa shape index (κ3) is 2.37. The van der Waals surface area contributed by atoms with Gasteiger partial charge in [-0.25, -0.2) is 0 Å². The quantitative estimate of drug-likeness (QED) is 0.565. The van der Waals surface area contributed by atoms with E-state index in [1.54, 1.807) is 6.92 Å². The molecule has 1 aliphatic rings. The molecule has 0 amide bonds. The molecule has 1 atom stereocenters. The van der Waals surface area contributed by atoms with Crippen molar-refractivity contribution in [2.45, 2.75) is 13.0 Å². The lowest BCUT2D eigenvalue weighted by Gasteiger charge is -2.13. The fraction of sp³-hybridized carbons (Fsp3) is 0.400. The van der Waals surface area contributed by atoms with Gasteiger partial charge in [0.2, 0.25) is 0 Å². The molecule has 8 heteroatoms. The zero-order chi connectivity index (χ0) is 13.5. The second kappa shape index (κ2) is 4.54. The van der Waals surface area contributed by atoms with E-state index in [2.05, 4.69) is 4.18 Å². The number of aryl methyl sites for hydroxylation is 1. The van der Waals surface area contributed by atoms with Crippen LogP contribution in [0.2, 0.25) is 0 Å². The molecule has 0 radical (unpaired) electrons.